The number of urea groups is 1. The van der Waals surface area contributed by atoms with Crippen molar-refractivity contribution in [2.75, 3.05) is 93.1 Å². The Labute approximate surface area is 239 Å². The molecule has 0 aliphatic carbocycles. The standard InChI is InChI=1S/C29H35N9O3/c1-35-13-15-36(16-14-35)26(39)22-5-9-24(10-6-22)31-29(40)30-23-7-3-21(4-8-23)25-32-27(37-11-2-12-37)34-28(33-25)38-17-19-41-20-18-38/h3-10H,2,11-20H2,1H3,(H2,30,31,40). The molecule has 2 aromatic carbocycles. The monoisotopic (exact) mass is 557 g/mol. The zero-order chi connectivity index (χ0) is 28.2. The maximum atomic E-state index is 12.8. The van der Waals surface area contributed by atoms with E-state index in [9.17, 15) is 9.59 Å². The van der Waals surface area contributed by atoms with Crippen LogP contribution in [0.3, 0.4) is 0 Å². The van der Waals surface area contributed by atoms with Gasteiger partial charge in [-0.2, -0.15) is 15.0 Å². The smallest absolute Gasteiger partial charge is 0.323 e. The number of carbonyl (C=O) groups is 2. The lowest BCUT2D eigenvalue weighted by Gasteiger charge is -2.32. The summed E-state index contributed by atoms with van der Waals surface area (Å²) in [5.74, 6) is 1.98. The summed E-state index contributed by atoms with van der Waals surface area (Å²) in [6.07, 6.45) is 1.13. The highest BCUT2D eigenvalue weighted by Gasteiger charge is 2.23. The summed E-state index contributed by atoms with van der Waals surface area (Å²) in [6.45, 7) is 7.87. The number of piperazine rings is 1. The molecule has 0 spiro atoms. The Morgan fingerprint density at radius 3 is 1.83 bits per heavy atom. The molecule has 0 unspecified atom stereocenters. The predicted octanol–water partition coefficient (Wildman–Crippen LogP) is 2.62. The second-order valence-corrected chi connectivity index (χ2v) is 10.5. The minimum atomic E-state index is -0.370. The number of rotatable bonds is 6. The van der Waals surface area contributed by atoms with Gasteiger partial charge in [-0.25, -0.2) is 4.79 Å². The second-order valence-electron chi connectivity index (χ2n) is 10.5. The topological polar surface area (TPSA) is 119 Å². The fourth-order valence-electron chi connectivity index (χ4n) is 4.93. The van der Waals surface area contributed by atoms with Gasteiger partial charge in [0.05, 0.1) is 13.2 Å². The Bertz CT molecular complexity index is 1370. The molecule has 3 aliphatic rings. The van der Waals surface area contributed by atoms with E-state index in [0.717, 1.165) is 64.3 Å². The zero-order valence-corrected chi connectivity index (χ0v) is 23.3. The first-order valence-electron chi connectivity index (χ1n) is 14.1. The number of morpholine rings is 1. The fourth-order valence-corrected chi connectivity index (χ4v) is 4.93. The molecule has 4 heterocycles. The highest BCUT2D eigenvalue weighted by Crippen LogP contribution is 2.25. The van der Waals surface area contributed by atoms with Crippen molar-refractivity contribution in [1.29, 1.82) is 0 Å². The molecule has 0 saturated carbocycles. The minimum absolute atomic E-state index is 0.0152. The molecule has 41 heavy (non-hydrogen) atoms. The number of hydrogen-bond donors (Lipinski definition) is 2. The quantitative estimate of drug-likeness (QED) is 0.471. The fraction of sp³-hybridized carbons (Fsp3) is 0.414. The maximum absolute atomic E-state index is 12.8. The van der Waals surface area contributed by atoms with Crippen LogP contribution in [0.1, 0.15) is 16.8 Å². The molecule has 3 fully saturated rings. The van der Waals surface area contributed by atoms with Gasteiger partial charge in [-0.3, -0.25) is 4.79 Å². The number of hydrogen-bond acceptors (Lipinski definition) is 9. The number of ether oxygens (including phenoxy) is 1. The van der Waals surface area contributed by atoms with E-state index in [1.165, 1.54) is 0 Å². The van der Waals surface area contributed by atoms with Crippen LogP contribution >= 0.6 is 0 Å². The van der Waals surface area contributed by atoms with Gasteiger partial charge in [0.15, 0.2) is 5.82 Å². The summed E-state index contributed by atoms with van der Waals surface area (Å²) < 4.78 is 5.49. The van der Waals surface area contributed by atoms with E-state index in [1.54, 1.807) is 24.3 Å². The summed E-state index contributed by atoms with van der Waals surface area (Å²) >= 11 is 0. The van der Waals surface area contributed by atoms with E-state index in [-0.39, 0.29) is 11.9 Å². The molecule has 6 rings (SSSR count). The molecule has 3 aromatic rings. The van der Waals surface area contributed by atoms with Gasteiger partial charge >= 0.3 is 6.03 Å². The summed E-state index contributed by atoms with van der Waals surface area (Å²) in [5, 5.41) is 5.69. The lowest BCUT2D eigenvalue weighted by Crippen LogP contribution is -2.47. The van der Waals surface area contributed by atoms with E-state index in [0.29, 0.717) is 47.9 Å². The molecule has 1 aromatic heterocycles. The number of benzene rings is 2. The normalized spacial score (nSPS) is 17.6. The molecular weight excluding hydrogens is 522 g/mol. The van der Waals surface area contributed by atoms with Gasteiger partial charge in [-0.1, -0.05) is 0 Å². The summed E-state index contributed by atoms with van der Waals surface area (Å²) in [4.78, 5) is 48.0. The Morgan fingerprint density at radius 2 is 1.27 bits per heavy atom. The molecule has 3 saturated heterocycles. The van der Waals surface area contributed by atoms with Crippen molar-refractivity contribution in [1.82, 2.24) is 24.8 Å². The van der Waals surface area contributed by atoms with Gasteiger partial charge in [0.2, 0.25) is 11.9 Å². The third kappa shape index (κ3) is 6.39. The van der Waals surface area contributed by atoms with E-state index >= 15 is 0 Å². The third-order valence-electron chi connectivity index (χ3n) is 7.63. The molecular formula is C29H35N9O3. The van der Waals surface area contributed by atoms with Crippen LogP contribution in [0.15, 0.2) is 48.5 Å². The largest absolute Gasteiger partial charge is 0.378 e. The van der Waals surface area contributed by atoms with E-state index in [4.69, 9.17) is 19.7 Å². The Balaban J connectivity index is 1.08. The third-order valence-corrected chi connectivity index (χ3v) is 7.63. The number of anilines is 4. The SMILES string of the molecule is CN1CCN(C(=O)c2ccc(NC(=O)Nc3ccc(-c4nc(N5CCC5)nc(N5CCOCC5)n4)cc3)cc2)CC1. The van der Waals surface area contributed by atoms with Crippen LogP contribution in [0.5, 0.6) is 0 Å². The first kappa shape index (κ1) is 26.9. The van der Waals surface area contributed by atoms with Gasteiger partial charge in [-0.15, -0.1) is 0 Å². The van der Waals surface area contributed by atoms with Gasteiger partial charge in [0.1, 0.15) is 0 Å². The molecule has 0 bridgehead atoms. The molecule has 3 amide bonds. The average Bonchev–Trinajstić information content (AvgIpc) is 2.97. The van der Waals surface area contributed by atoms with E-state index in [2.05, 4.69) is 32.4 Å². The first-order valence-corrected chi connectivity index (χ1v) is 14.1. The van der Waals surface area contributed by atoms with Crippen LogP contribution in [0, 0.1) is 0 Å². The number of nitrogens with zero attached hydrogens (tertiary/aromatic N) is 7. The van der Waals surface area contributed by atoms with Crippen LogP contribution in [-0.4, -0.2) is 109 Å². The van der Waals surface area contributed by atoms with Crippen molar-refractivity contribution in [2.24, 2.45) is 0 Å². The molecule has 2 N–H and O–H groups in total. The predicted molar refractivity (Wildman–Crippen MR) is 158 cm³/mol. The Hall–Kier alpha value is -4.29. The molecule has 12 heteroatoms. The van der Waals surface area contributed by atoms with Crippen molar-refractivity contribution >= 4 is 35.2 Å². The van der Waals surface area contributed by atoms with E-state index in [1.807, 2.05) is 29.2 Å². The van der Waals surface area contributed by atoms with Crippen LogP contribution in [0.25, 0.3) is 11.4 Å². The maximum Gasteiger partial charge on any atom is 0.323 e. The highest BCUT2D eigenvalue weighted by molar-refractivity contribution is 6.00. The average molecular weight is 558 g/mol. The zero-order valence-electron chi connectivity index (χ0n) is 23.3. The molecule has 3 aliphatic heterocycles. The minimum Gasteiger partial charge on any atom is -0.378 e. The second kappa shape index (κ2) is 12.1. The summed E-state index contributed by atoms with van der Waals surface area (Å²) in [5.41, 5.74) is 2.70. The van der Waals surface area contributed by atoms with Gasteiger partial charge in [-0.05, 0) is 62.0 Å². The molecule has 12 nitrogen and oxygen atoms in total. The van der Waals surface area contributed by atoms with Crippen LogP contribution in [-0.2, 0) is 4.74 Å². The first-order chi connectivity index (χ1) is 20.0. The Kier molecular flexibility index (Phi) is 7.92. The number of likely N-dealkylation sites (N-methyl/N-ethyl adjacent to an activating group) is 1. The molecule has 214 valence electrons. The summed E-state index contributed by atoms with van der Waals surface area (Å²) in [6, 6.07) is 14.1. The van der Waals surface area contributed by atoms with Crippen molar-refractivity contribution in [3.05, 3.63) is 54.1 Å². The molecule has 0 atom stereocenters. The Morgan fingerprint density at radius 1 is 0.707 bits per heavy atom. The summed E-state index contributed by atoms with van der Waals surface area (Å²) in [7, 11) is 2.06. The molecule has 0 radical (unpaired) electrons. The number of carbonyl (C=O) groups excluding carboxylic acids is 2. The number of amides is 3. The van der Waals surface area contributed by atoms with Crippen molar-refractivity contribution in [3.8, 4) is 11.4 Å². The van der Waals surface area contributed by atoms with Crippen molar-refractivity contribution in [3.63, 3.8) is 0 Å². The van der Waals surface area contributed by atoms with Gasteiger partial charge in [0, 0.05) is 74.9 Å². The van der Waals surface area contributed by atoms with Crippen LogP contribution < -0.4 is 20.4 Å². The van der Waals surface area contributed by atoms with Crippen LogP contribution in [0.4, 0.5) is 28.1 Å². The van der Waals surface area contributed by atoms with Gasteiger partial charge in [0.25, 0.3) is 5.91 Å². The van der Waals surface area contributed by atoms with Crippen molar-refractivity contribution < 1.29 is 14.3 Å². The van der Waals surface area contributed by atoms with Crippen molar-refractivity contribution in [2.45, 2.75) is 6.42 Å². The van der Waals surface area contributed by atoms with Crippen LogP contribution in [0.2, 0.25) is 0 Å². The van der Waals surface area contributed by atoms with Gasteiger partial charge < -0.3 is 35.0 Å². The van der Waals surface area contributed by atoms with E-state index < -0.39 is 0 Å². The highest BCUT2D eigenvalue weighted by atomic mass is 16.5. The number of nitrogens with one attached hydrogen (secondary N) is 2. The lowest BCUT2D eigenvalue weighted by molar-refractivity contribution is 0.0664. The lowest BCUT2D eigenvalue weighted by atomic mass is 10.1. The number of aromatic nitrogens is 3.